The maximum atomic E-state index is 10.9. The summed E-state index contributed by atoms with van der Waals surface area (Å²) < 4.78 is 1.81. The predicted octanol–water partition coefficient (Wildman–Crippen LogP) is 2.32. The lowest BCUT2D eigenvalue weighted by Crippen LogP contribution is -2.19. The molecule has 0 saturated carbocycles. The van der Waals surface area contributed by atoms with E-state index in [0.29, 0.717) is 6.54 Å². The quantitative estimate of drug-likeness (QED) is 0.918. The second kappa shape index (κ2) is 4.84. The van der Waals surface area contributed by atoms with Crippen LogP contribution in [0.15, 0.2) is 30.5 Å². The van der Waals surface area contributed by atoms with Crippen molar-refractivity contribution in [2.45, 2.75) is 32.7 Å². The minimum Gasteiger partial charge on any atom is -0.478 e. The van der Waals surface area contributed by atoms with Crippen molar-refractivity contribution in [3.05, 3.63) is 47.3 Å². The molecule has 0 aliphatic carbocycles. The van der Waals surface area contributed by atoms with E-state index in [9.17, 15) is 4.79 Å². The summed E-state index contributed by atoms with van der Waals surface area (Å²) in [4.78, 5) is 10.9. The molecule has 5 nitrogen and oxygen atoms in total. The highest BCUT2D eigenvalue weighted by atomic mass is 16.4. The average Bonchev–Trinajstić information content (AvgIpc) is 2.77. The third-order valence-electron chi connectivity index (χ3n) is 2.89. The van der Waals surface area contributed by atoms with Crippen molar-refractivity contribution in [1.82, 2.24) is 15.0 Å². The van der Waals surface area contributed by atoms with Gasteiger partial charge in [-0.3, -0.25) is 0 Å². The van der Waals surface area contributed by atoms with Gasteiger partial charge in [0.2, 0.25) is 0 Å². The number of carboxylic acid groups (broad SMARTS) is 1. The highest BCUT2D eigenvalue weighted by molar-refractivity contribution is 5.87. The number of aromatic nitrogens is 3. The Morgan fingerprint density at radius 1 is 1.37 bits per heavy atom. The largest absolute Gasteiger partial charge is 0.478 e. The average molecular weight is 259 g/mol. The van der Waals surface area contributed by atoms with Crippen molar-refractivity contribution < 1.29 is 9.90 Å². The van der Waals surface area contributed by atoms with Gasteiger partial charge in [0.15, 0.2) is 0 Å². The maximum absolute atomic E-state index is 10.9. The monoisotopic (exact) mass is 259 g/mol. The lowest BCUT2D eigenvalue weighted by molar-refractivity contribution is 0.0696. The summed E-state index contributed by atoms with van der Waals surface area (Å²) in [6.45, 7) is 6.80. The smallest absolute Gasteiger partial charge is 0.335 e. The molecule has 1 heterocycles. The van der Waals surface area contributed by atoms with Crippen molar-refractivity contribution in [2.24, 2.45) is 0 Å². The molecule has 5 heteroatoms. The predicted molar refractivity (Wildman–Crippen MR) is 71.2 cm³/mol. The summed E-state index contributed by atoms with van der Waals surface area (Å²) >= 11 is 0. The molecule has 19 heavy (non-hydrogen) atoms. The molecule has 1 aromatic carbocycles. The lowest BCUT2D eigenvalue weighted by Gasteiger charge is -2.19. The van der Waals surface area contributed by atoms with Crippen LogP contribution >= 0.6 is 0 Å². The van der Waals surface area contributed by atoms with Crippen LogP contribution in [0, 0.1) is 0 Å². The van der Waals surface area contributed by atoms with E-state index in [0.717, 1.165) is 11.3 Å². The number of aromatic carboxylic acids is 1. The molecule has 1 aromatic heterocycles. The zero-order chi connectivity index (χ0) is 14.0. The van der Waals surface area contributed by atoms with Crippen LogP contribution in [0.5, 0.6) is 0 Å². The lowest BCUT2D eigenvalue weighted by atomic mass is 9.92. The highest BCUT2D eigenvalue weighted by Gasteiger charge is 2.19. The fourth-order valence-electron chi connectivity index (χ4n) is 1.93. The van der Waals surface area contributed by atoms with Gasteiger partial charge in [-0.1, -0.05) is 38.1 Å². The second-order valence-corrected chi connectivity index (χ2v) is 5.53. The van der Waals surface area contributed by atoms with Crippen molar-refractivity contribution in [3.8, 4) is 0 Å². The molecule has 0 saturated heterocycles. The molecule has 0 aliphatic rings. The van der Waals surface area contributed by atoms with Crippen LogP contribution in [0.2, 0.25) is 0 Å². The van der Waals surface area contributed by atoms with Crippen LogP contribution in [-0.2, 0) is 12.0 Å². The van der Waals surface area contributed by atoms with Gasteiger partial charge in [-0.25, -0.2) is 9.48 Å². The first-order chi connectivity index (χ1) is 8.88. The van der Waals surface area contributed by atoms with Gasteiger partial charge in [0.1, 0.15) is 0 Å². The van der Waals surface area contributed by atoms with E-state index in [1.165, 1.54) is 0 Å². The molecule has 100 valence electrons. The zero-order valence-electron chi connectivity index (χ0n) is 11.3. The molecule has 2 aromatic rings. The minimum absolute atomic E-state index is 0.0477. The maximum Gasteiger partial charge on any atom is 0.335 e. The molecule has 2 rings (SSSR count). The topological polar surface area (TPSA) is 68.0 Å². The Kier molecular flexibility index (Phi) is 3.38. The molecule has 0 unspecified atom stereocenters. The van der Waals surface area contributed by atoms with Crippen molar-refractivity contribution in [3.63, 3.8) is 0 Å². The third-order valence-corrected chi connectivity index (χ3v) is 2.89. The van der Waals surface area contributed by atoms with Gasteiger partial charge in [0, 0.05) is 5.41 Å². The summed E-state index contributed by atoms with van der Waals surface area (Å²) in [7, 11) is 0. The van der Waals surface area contributed by atoms with Gasteiger partial charge in [0.25, 0.3) is 0 Å². The Balaban J connectivity index is 2.29. The fourth-order valence-corrected chi connectivity index (χ4v) is 1.93. The van der Waals surface area contributed by atoms with Crippen LogP contribution in [-0.4, -0.2) is 26.1 Å². The Bertz CT molecular complexity index is 597. The Hall–Kier alpha value is -2.17. The molecule has 0 radical (unpaired) electrons. The van der Waals surface area contributed by atoms with E-state index in [4.69, 9.17) is 5.11 Å². The molecule has 1 N–H and O–H groups in total. The van der Waals surface area contributed by atoms with E-state index in [-0.39, 0.29) is 11.0 Å². The van der Waals surface area contributed by atoms with Crippen LogP contribution in [0.3, 0.4) is 0 Å². The molecular weight excluding hydrogens is 242 g/mol. The standard InChI is InChI=1S/C14H17N3O2/c1-14(2,3)12-8-15-16-17(12)9-10-5-4-6-11(7-10)13(18)19/h4-8H,9H2,1-3H3,(H,18,19). The van der Waals surface area contributed by atoms with Crippen LogP contribution in [0.25, 0.3) is 0 Å². The molecule has 0 amide bonds. The first-order valence-electron chi connectivity index (χ1n) is 6.09. The van der Waals surface area contributed by atoms with Gasteiger partial charge in [-0.05, 0) is 17.7 Å². The number of carbonyl (C=O) groups is 1. The van der Waals surface area contributed by atoms with E-state index in [1.807, 2.05) is 6.07 Å². The van der Waals surface area contributed by atoms with Gasteiger partial charge in [-0.15, -0.1) is 5.10 Å². The summed E-state index contributed by atoms with van der Waals surface area (Å²) in [5.41, 5.74) is 2.16. The van der Waals surface area contributed by atoms with E-state index < -0.39 is 5.97 Å². The summed E-state index contributed by atoms with van der Waals surface area (Å²) in [6.07, 6.45) is 1.75. The van der Waals surface area contributed by atoms with E-state index in [2.05, 4.69) is 31.1 Å². The molecule has 0 bridgehead atoms. The molecule has 0 fully saturated rings. The van der Waals surface area contributed by atoms with Crippen LogP contribution in [0.1, 0.15) is 42.4 Å². The summed E-state index contributed by atoms with van der Waals surface area (Å²) in [6, 6.07) is 6.88. The molecule has 0 spiro atoms. The van der Waals surface area contributed by atoms with E-state index in [1.54, 1.807) is 29.1 Å². The Morgan fingerprint density at radius 2 is 2.11 bits per heavy atom. The Morgan fingerprint density at radius 3 is 2.74 bits per heavy atom. The number of rotatable bonds is 3. The minimum atomic E-state index is -0.920. The second-order valence-electron chi connectivity index (χ2n) is 5.53. The van der Waals surface area contributed by atoms with Gasteiger partial charge in [0.05, 0.1) is 24.0 Å². The zero-order valence-corrected chi connectivity index (χ0v) is 11.3. The summed E-state index contributed by atoms with van der Waals surface area (Å²) in [5, 5.41) is 17.0. The molecular formula is C14H17N3O2. The molecule has 0 atom stereocenters. The Labute approximate surface area is 111 Å². The van der Waals surface area contributed by atoms with Crippen molar-refractivity contribution >= 4 is 5.97 Å². The van der Waals surface area contributed by atoms with E-state index >= 15 is 0 Å². The molecule has 0 aliphatic heterocycles. The SMILES string of the molecule is CC(C)(C)c1cnnn1Cc1cccc(C(=O)O)c1. The normalized spacial score (nSPS) is 11.5. The fraction of sp³-hybridized carbons (Fsp3) is 0.357. The highest BCUT2D eigenvalue weighted by Crippen LogP contribution is 2.21. The van der Waals surface area contributed by atoms with Gasteiger partial charge in [-0.2, -0.15) is 0 Å². The third kappa shape index (κ3) is 2.99. The number of hydrogen-bond acceptors (Lipinski definition) is 3. The van der Waals surface area contributed by atoms with Crippen molar-refractivity contribution in [1.29, 1.82) is 0 Å². The van der Waals surface area contributed by atoms with Gasteiger partial charge >= 0.3 is 5.97 Å². The first-order valence-corrected chi connectivity index (χ1v) is 6.09. The number of benzene rings is 1. The number of nitrogens with zero attached hydrogens (tertiary/aromatic N) is 3. The van der Waals surface area contributed by atoms with Crippen LogP contribution in [0.4, 0.5) is 0 Å². The summed E-state index contributed by atoms with van der Waals surface area (Å²) in [5.74, 6) is -0.920. The van der Waals surface area contributed by atoms with Crippen LogP contribution < -0.4 is 0 Å². The number of hydrogen-bond donors (Lipinski definition) is 1. The number of carboxylic acids is 1. The van der Waals surface area contributed by atoms with Gasteiger partial charge < -0.3 is 5.11 Å². The first kappa shape index (κ1) is 13.3. The van der Waals surface area contributed by atoms with Crippen molar-refractivity contribution in [2.75, 3.05) is 0 Å².